The zero-order valence-corrected chi connectivity index (χ0v) is 14.8. The summed E-state index contributed by atoms with van der Waals surface area (Å²) in [5, 5.41) is 22.5. The predicted octanol–water partition coefficient (Wildman–Crippen LogP) is 4.80. The maximum Gasteiger partial charge on any atom is 0.335 e. The molecule has 1 aliphatic carbocycles. The number of hydrogen-bond acceptors (Lipinski definition) is 3. The van der Waals surface area contributed by atoms with E-state index >= 15 is 0 Å². The highest BCUT2D eigenvalue weighted by atomic mass is 16.4. The molecule has 0 unspecified atom stereocenters. The Morgan fingerprint density at radius 3 is 2.12 bits per heavy atom. The van der Waals surface area contributed by atoms with E-state index in [0.717, 1.165) is 24.1 Å². The Labute approximate surface area is 152 Å². The molecule has 2 aromatic rings. The second-order valence-corrected chi connectivity index (χ2v) is 6.83. The summed E-state index contributed by atoms with van der Waals surface area (Å²) in [4.78, 5) is 23.1. The number of para-hydroxylation sites is 1. The van der Waals surface area contributed by atoms with Crippen LogP contribution in [0.2, 0.25) is 0 Å². The smallest absolute Gasteiger partial charge is 0.335 e. The molecule has 0 saturated heterocycles. The molecular formula is C21H23NO4. The van der Waals surface area contributed by atoms with Crippen LogP contribution in [0.3, 0.4) is 0 Å². The summed E-state index contributed by atoms with van der Waals surface area (Å²) in [6, 6.07) is 11.2. The highest BCUT2D eigenvalue weighted by Crippen LogP contribution is 2.33. The number of carboxylic acid groups (broad SMARTS) is 2. The lowest BCUT2D eigenvalue weighted by Gasteiger charge is -2.25. The highest BCUT2D eigenvalue weighted by molar-refractivity contribution is 5.99. The van der Waals surface area contributed by atoms with Crippen LogP contribution < -0.4 is 5.32 Å². The monoisotopic (exact) mass is 353 g/mol. The van der Waals surface area contributed by atoms with E-state index in [9.17, 15) is 19.8 Å². The van der Waals surface area contributed by atoms with Crippen molar-refractivity contribution < 1.29 is 19.8 Å². The van der Waals surface area contributed by atoms with E-state index in [1.807, 2.05) is 24.3 Å². The maximum atomic E-state index is 11.6. The van der Waals surface area contributed by atoms with Gasteiger partial charge in [0, 0.05) is 17.3 Å². The molecule has 1 saturated carbocycles. The van der Waals surface area contributed by atoms with Gasteiger partial charge in [-0.05, 0) is 49.1 Å². The van der Waals surface area contributed by atoms with E-state index in [2.05, 4.69) is 5.32 Å². The minimum Gasteiger partial charge on any atom is -0.478 e. The van der Waals surface area contributed by atoms with Crippen LogP contribution in [0.4, 0.5) is 5.69 Å². The van der Waals surface area contributed by atoms with E-state index in [-0.39, 0.29) is 16.7 Å². The minimum atomic E-state index is -1.12. The van der Waals surface area contributed by atoms with Gasteiger partial charge < -0.3 is 15.5 Å². The molecule has 0 aromatic heterocycles. The fourth-order valence-corrected chi connectivity index (χ4v) is 3.64. The van der Waals surface area contributed by atoms with Crippen molar-refractivity contribution in [3.05, 3.63) is 53.1 Å². The van der Waals surface area contributed by atoms with Crippen LogP contribution in [0, 0.1) is 6.92 Å². The van der Waals surface area contributed by atoms with Crippen molar-refractivity contribution in [2.75, 3.05) is 5.32 Å². The number of hydrogen-bond donors (Lipinski definition) is 3. The molecule has 1 fully saturated rings. The topological polar surface area (TPSA) is 86.6 Å². The summed E-state index contributed by atoms with van der Waals surface area (Å²) in [5.74, 6) is -2.24. The van der Waals surface area contributed by atoms with Gasteiger partial charge in [-0.15, -0.1) is 0 Å². The van der Waals surface area contributed by atoms with Crippen LogP contribution in [-0.4, -0.2) is 28.2 Å². The van der Waals surface area contributed by atoms with Crippen molar-refractivity contribution in [1.82, 2.24) is 0 Å². The van der Waals surface area contributed by atoms with Crippen molar-refractivity contribution in [2.45, 2.75) is 45.1 Å². The molecule has 0 spiro atoms. The third-order valence-electron chi connectivity index (χ3n) is 5.07. The van der Waals surface area contributed by atoms with Crippen molar-refractivity contribution in [3.63, 3.8) is 0 Å². The van der Waals surface area contributed by atoms with Gasteiger partial charge in [0.1, 0.15) is 0 Å². The zero-order chi connectivity index (χ0) is 18.7. The molecule has 0 heterocycles. The Morgan fingerprint density at radius 2 is 1.54 bits per heavy atom. The molecule has 1 aliphatic rings. The number of anilines is 1. The first kappa shape index (κ1) is 18.0. The average molecular weight is 353 g/mol. The van der Waals surface area contributed by atoms with Crippen LogP contribution in [0.15, 0.2) is 36.4 Å². The van der Waals surface area contributed by atoms with Crippen molar-refractivity contribution >= 4 is 17.6 Å². The second kappa shape index (κ2) is 7.60. The van der Waals surface area contributed by atoms with Crippen molar-refractivity contribution in [3.8, 4) is 11.1 Å². The number of carbonyl (C=O) groups is 2. The first-order valence-corrected chi connectivity index (χ1v) is 8.94. The van der Waals surface area contributed by atoms with Gasteiger partial charge >= 0.3 is 11.9 Å². The fourth-order valence-electron chi connectivity index (χ4n) is 3.64. The molecule has 2 aromatic carbocycles. The quantitative estimate of drug-likeness (QED) is 0.718. The Bertz CT molecular complexity index is 803. The first-order chi connectivity index (χ1) is 12.5. The summed E-state index contributed by atoms with van der Waals surface area (Å²) in [6.07, 6.45) is 5.90. The Hall–Kier alpha value is -2.82. The van der Waals surface area contributed by atoms with E-state index in [0.29, 0.717) is 11.6 Å². The predicted molar refractivity (Wildman–Crippen MR) is 101 cm³/mol. The Balaban J connectivity index is 2.06. The van der Waals surface area contributed by atoms with Crippen LogP contribution in [0.25, 0.3) is 11.1 Å². The van der Waals surface area contributed by atoms with Gasteiger partial charge in [-0.25, -0.2) is 9.59 Å². The fraction of sp³-hybridized carbons (Fsp3) is 0.333. The average Bonchev–Trinajstić information content (AvgIpc) is 2.63. The molecule has 136 valence electrons. The van der Waals surface area contributed by atoms with Gasteiger partial charge in [-0.2, -0.15) is 0 Å². The molecule has 0 atom stereocenters. The molecule has 0 bridgehead atoms. The zero-order valence-electron chi connectivity index (χ0n) is 14.8. The first-order valence-electron chi connectivity index (χ1n) is 8.94. The van der Waals surface area contributed by atoms with Crippen LogP contribution in [-0.2, 0) is 0 Å². The van der Waals surface area contributed by atoms with Crippen LogP contribution >= 0.6 is 0 Å². The van der Waals surface area contributed by atoms with E-state index in [4.69, 9.17) is 0 Å². The van der Waals surface area contributed by atoms with Crippen molar-refractivity contribution in [2.24, 2.45) is 0 Å². The number of carboxylic acids is 2. The summed E-state index contributed by atoms with van der Waals surface area (Å²) in [6.45, 7) is 1.53. The Morgan fingerprint density at radius 1 is 0.962 bits per heavy atom. The number of aromatic carboxylic acids is 2. The van der Waals surface area contributed by atoms with Gasteiger partial charge in [0.2, 0.25) is 0 Å². The highest BCUT2D eigenvalue weighted by Gasteiger charge is 2.20. The van der Waals surface area contributed by atoms with Crippen LogP contribution in [0.5, 0.6) is 0 Å². The van der Waals surface area contributed by atoms with E-state index in [1.165, 1.54) is 26.2 Å². The Kier molecular flexibility index (Phi) is 5.26. The third-order valence-corrected chi connectivity index (χ3v) is 5.07. The lowest BCUT2D eigenvalue weighted by molar-refractivity contribution is 0.0696. The van der Waals surface area contributed by atoms with E-state index in [1.54, 1.807) is 12.1 Å². The summed E-state index contributed by atoms with van der Waals surface area (Å²) >= 11 is 0. The second-order valence-electron chi connectivity index (χ2n) is 6.83. The molecular weight excluding hydrogens is 330 g/mol. The number of benzene rings is 2. The van der Waals surface area contributed by atoms with Gasteiger partial charge in [-0.3, -0.25) is 0 Å². The molecule has 0 aliphatic heterocycles. The maximum absolute atomic E-state index is 11.6. The van der Waals surface area contributed by atoms with Gasteiger partial charge in [-0.1, -0.05) is 37.5 Å². The van der Waals surface area contributed by atoms with Gasteiger partial charge in [0.05, 0.1) is 11.1 Å². The minimum absolute atomic E-state index is 0.0207. The largest absolute Gasteiger partial charge is 0.478 e. The normalized spacial score (nSPS) is 14.8. The lowest BCUT2D eigenvalue weighted by Crippen LogP contribution is -2.22. The van der Waals surface area contributed by atoms with Crippen LogP contribution in [0.1, 0.15) is 58.4 Å². The van der Waals surface area contributed by atoms with Gasteiger partial charge in [0.15, 0.2) is 0 Å². The SMILES string of the molecule is Cc1c(C(=O)O)cc(-c2ccccc2NC2CCCCC2)cc1C(=O)O. The standard InChI is InChI=1S/C21H23NO4/c1-13-17(20(23)24)11-14(12-18(13)21(25)26)16-9-5-6-10-19(16)22-15-7-3-2-4-8-15/h5-6,9-12,15,22H,2-4,7-8H2,1H3,(H,23,24)(H,25,26). The third kappa shape index (κ3) is 3.72. The lowest BCUT2D eigenvalue weighted by atomic mass is 9.92. The molecule has 5 nitrogen and oxygen atoms in total. The van der Waals surface area contributed by atoms with Crippen molar-refractivity contribution in [1.29, 1.82) is 0 Å². The molecule has 0 amide bonds. The molecule has 3 rings (SSSR count). The summed E-state index contributed by atoms with van der Waals surface area (Å²) in [5.41, 5.74) is 2.65. The molecule has 0 radical (unpaired) electrons. The summed E-state index contributed by atoms with van der Waals surface area (Å²) in [7, 11) is 0. The number of nitrogens with one attached hydrogen (secondary N) is 1. The molecule has 5 heteroatoms. The summed E-state index contributed by atoms with van der Waals surface area (Å²) < 4.78 is 0. The molecule has 26 heavy (non-hydrogen) atoms. The number of rotatable bonds is 5. The van der Waals surface area contributed by atoms with E-state index < -0.39 is 11.9 Å². The molecule has 3 N–H and O–H groups in total. The van der Waals surface area contributed by atoms with Gasteiger partial charge in [0.25, 0.3) is 0 Å².